The molecule has 142 valence electrons. The number of guanidine groups is 1. The second-order valence-electron chi connectivity index (χ2n) is 5.51. The minimum Gasteiger partial charge on any atom is -0.370 e. The number of nitrogens with one attached hydrogen (secondary N) is 3. The summed E-state index contributed by atoms with van der Waals surface area (Å²) in [5.41, 5.74) is 11.2. The highest BCUT2D eigenvalue weighted by atomic mass is 31.0. The molecule has 0 rings (SSSR count). The number of nitrogens with two attached hydrogens (primary N) is 2. The number of aliphatic imine (C=N–C) groups is 1. The number of hydrogen-bond acceptors (Lipinski definition) is 6. The van der Waals surface area contributed by atoms with Crippen LogP contribution in [0.3, 0.4) is 0 Å². The van der Waals surface area contributed by atoms with E-state index in [4.69, 9.17) is 11.5 Å². The zero-order valence-electron chi connectivity index (χ0n) is 14.5. The summed E-state index contributed by atoms with van der Waals surface area (Å²) in [7, 11) is 2.21. The predicted molar refractivity (Wildman–Crippen MR) is 97.5 cm³/mol. The van der Waals surface area contributed by atoms with Crippen LogP contribution >= 0.6 is 9.39 Å². The van der Waals surface area contributed by atoms with E-state index < -0.39 is 23.9 Å². The van der Waals surface area contributed by atoms with Crippen LogP contribution in [-0.4, -0.2) is 54.5 Å². The van der Waals surface area contributed by atoms with Gasteiger partial charge in [-0.25, -0.2) is 0 Å². The average Bonchev–Trinajstić information content (AvgIpc) is 2.54. The van der Waals surface area contributed by atoms with Crippen LogP contribution in [0.5, 0.6) is 0 Å². The number of carbonyl (C=O) groups excluding carboxylic acids is 4. The molecule has 11 heteroatoms. The molecular formula is C14H27N6O4P. The Bertz CT molecular complexity index is 525. The maximum Gasteiger partial charge on any atom is 0.239 e. The van der Waals surface area contributed by atoms with Crippen LogP contribution in [0.4, 0.5) is 0 Å². The third kappa shape index (κ3) is 11.2. The highest BCUT2D eigenvalue weighted by Crippen LogP contribution is 1.97. The van der Waals surface area contributed by atoms with Crippen molar-refractivity contribution in [2.45, 2.75) is 45.2 Å². The summed E-state index contributed by atoms with van der Waals surface area (Å²) in [4.78, 5) is 50.0. The number of hydrogen-bond donors (Lipinski definition) is 5. The minimum atomic E-state index is -0.885. The molecule has 0 heterocycles. The molecule has 25 heavy (non-hydrogen) atoms. The van der Waals surface area contributed by atoms with Gasteiger partial charge in [0.1, 0.15) is 5.78 Å². The number of amides is 2. The Kier molecular flexibility index (Phi) is 11.3. The van der Waals surface area contributed by atoms with Gasteiger partial charge in [0.25, 0.3) is 0 Å². The lowest BCUT2D eigenvalue weighted by atomic mass is 10.1. The second-order valence-corrected chi connectivity index (χ2v) is 5.80. The Labute approximate surface area is 149 Å². The summed E-state index contributed by atoms with van der Waals surface area (Å²) in [6, 6.07) is -1.67. The topological polar surface area (TPSA) is 169 Å². The van der Waals surface area contributed by atoms with Crippen LogP contribution in [0.1, 0.15) is 33.1 Å². The molecule has 0 bridgehead atoms. The molecule has 0 aliphatic carbocycles. The van der Waals surface area contributed by atoms with Crippen molar-refractivity contribution in [1.29, 1.82) is 0 Å². The van der Waals surface area contributed by atoms with Gasteiger partial charge in [-0.1, -0.05) is 0 Å². The maximum absolute atomic E-state index is 11.8. The van der Waals surface area contributed by atoms with E-state index in [-0.39, 0.29) is 30.5 Å². The van der Waals surface area contributed by atoms with Gasteiger partial charge in [-0.15, -0.1) is 0 Å². The molecule has 0 saturated carbocycles. The third-order valence-electron chi connectivity index (χ3n) is 3.18. The Balaban J connectivity index is 4.19. The number of rotatable bonds is 11. The predicted octanol–water partition coefficient (Wildman–Crippen LogP) is -2.04. The van der Waals surface area contributed by atoms with Gasteiger partial charge in [0.2, 0.25) is 11.8 Å². The van der Waals surface area contributed by atoms with E-state index >= 15 is 0 Å². The molecule has 3 atom stereocenters. The summed E-state index contributed by atoms with van der Waals surface area (Å²) in [5, 5.41) is 7.39. The molecule has 10 nitrogen and oxygen atoms in total. The van der Waals surface area contributed by atoms with E-state index in [1.165, 1.54) is 13.8 Å². The molecule has 0 aromatic heterocycles. The molecule has 1 unspecified atom stereocenters. The monoisotopic (exact) mass is 374 g/mol. The normalized spacial score (nSPS) is 13.5. The van der Waals surface area contributed by atoms with E-state index in [2.05, 4.69) is 30.1 Å². The van der Waals surface area contributed by atoms with E-state index in [9.17, 15) is 19.2 Å². The number of carbonyl (C=O) groups is 4. The van der Waals surface area contributed by atoms with E-state index in [1.807, 2.05) is 0 Å². The van der Waals surface area contributed by atoms with Crippen LogP contribution in [0.15, 0.2) is 4.99 Å². The summed E-state index contributed by atoms with van der Waals surface area (Å²) in [6.45, 7) is 2.71. The Morgan fingerprint density at radius 2 is 1.84 bits per heavy atom. The molecule has 0 aromatic rings. The molecule has 2 amide bonds. The zero-order chi connectivity index (χ0) is 19.4. The number of nitrogens with zero attached hydrogens (tertiary/aromatic N) is 1. The molecule has 0 aliphatic rings. The first-order chi connectivity index (χ1) is 11.7. The lowest BCUT2D eigenvalue weighted by Gasteiger charge is -2.16. The highest BCUT2D eigenvalue weighted by molar-refractivity contribution is 7.15. The smallest absolute Gasteiger partial charge is 0.239 e. The summed E-state index contributed by atoms with van der Waals surface area (Å²) >= 11 is 0. The molecule has 0 aromatic carbocycles. The lowest BCUT2D eigenvalue weighted by molar-refractivity contribution is -0.130. The average molecular weight is 374 g/mol. The van der Waals surface area contributed by atoms with Crippen LogP contribution < -0.4 is 27.2 Å². The molecule has 0 spiro atoms. The van der Waals surface area contributed by atoms with E-state index in [1.54, 1.807) is 0 Å². The van der Waals surface area contributed by atoms with Crippen LogP contribution in [0.2, 0.25) is 0 Å². The first-order valence-corrected chi connectivity index (χ1v) is 8.34. The van der Waals surface area contributed by atoms with Crippen molar-refractivity contribution in [3.05, 3.63) is 0 Å². The van der Waals surface area contributed by atoms with Crippen molar-refractivity contribution in [2.75, 3.05) is 13.1 Å². The van der Waals surface area contributed by atoms with Gasteiger partial charge >= 0.3 is 0 Å². The molecular weight excluding hydrogens is 347 g/mol. The van der Waals surface area contributed by atoms with E-state index in [0.29, 0.717) is 19.4 Å². The van der Waals surface area contributed by atoms with Gasteiger partial charge in [-0.2, -0.15) is 0 Å². The Hall–Kier alpha value is -2.06. The molecule has 0 radical (unpaired) electrons. The molecule has 0 saturated heterocycles. The third-order valence-corrected chi connectivity index (χ3v) is 3.48. The van der Waals surface area contributed by atoms with Crippen LogP contribution in [-0.2, 0) is 19.2 Å². The van der Waals surface area contributed by atoms with Crippen molar-refractivity contribution in [2.24, 2.45) is 16.5 Å². The van der Waals surface area contributed by atoms with Gasteiger partial charge < -0.3 is 27.2 Å². The molecule has 0 fully saturated rings. The fraction of sp³-hybridized carbons (Fsp3) is 0.643. The Morgan fingerprint density at radius 1 is 1.20 bits per heavy atom. The van der Waals surface area contributed by atoms with Gasteiger partial charge in [0, 0.05) is 13.0 Å². The van der Waals surface area contributed by atoms with Gasteiger partial charge in [-0.05, 0) is 36.1 Å². The van der Waals surface area contributed by atoms with E-state index in [0.717, 1.165) is 0 Å². The summed E-state index contributed by atoms with van der Waals surface area (Å²) < 4.78 is 0. The van der Waals surface area contributed by atoms with Gasteiger partial charge in [-0.3, -0.25) is 24.2 Å². The van der Waals surface area contributed by atoms with Crippen molar-refractivity contribution >= 4 is 38.7 Å². The second kappa shape index (κ2) is 12.3. The standard InChI is InChI=1S/C14H27N6O4P/c1-8(21)6-11(9(2)22)19-12(23)7-18-13(24)10(15)4-3-5-17-14(16)20-25/h10-11H,3-7,15,25H2,1-2H3,(H,18,24)(H,19,23)(H3,16,17,20)/t10-,11-/m0/s1. The first-order valence-electron chi connectivity index (χ1n) is 7.76. The van der Waals surface area contributed by atoms with Crippen molar-refractivity contribution in [1.82, 2.24) is 15.7 Å². The SMILES string of the molecule is CC(=O)C[C@H](NC(=O)CNC(=O)[C@@H](N)CCCN=C(N)NP)C(C)=O. The van der Waals surface area contributed by atoms with Gasteiger partial charge in [0.15, 0.2) is 11.7 Å². The lowest BCUT2D eigenvalue weighted by Crippen LogP contribution is -2.48. The molecule has 0 aliphatic heterocycles. The zero-order valence-corrected chi connectivity index (χ0v) is 15.7. The van der Waals surface area contributed by atoms with Crippen LogP contribution in [0.25, 0.3) is 0 Å². The minimum absolute atomic E-state index is 0.0801. The maximum atomic E-state index is 11.8. The Morgan fingerprint density at radius 3 is 2.36 bits per heavy atom. The summed E-state index contributed by atoms with van der Waals surface area (Å²) in [5.74, 6) is -1.32. The fourth-order valence-electron chi connectivity index (χ4n) is 1.82. The van der Waals surface area contributed by atoms with Crippen molar-refractivity contribution in [3.63, 3.8) is 0 Å². The largest absolute Gasteiger partial charge is 0.370 e. The highest BCUT2D eigenvalue weighted by Gasteiger charge is 2.20. The fourth-order valence-corrected chi connectivity index (χ4v) is 1.91. The van der Waals surface area contributed by atoms with Crippen molar-refractivity contribution in [3.8, 4) is 0 Å². The van der Waals surface area contributed by atoms with Crippen molar-refractivity contribution < 1.29 is 19.2 Å². The number of ketones is 2. The molecule has 7 N–H and O–H groups in total. The number of Topliss-reactive ketones (excluding diaryl/α,β-unsaturated/α-hetero) is 2. The summed E-state index contributed by atoms with van der Waals surface area (Å²) in [6.07, 6.45) is 0.851. The quantitative estimate of drug-likeness (QED) is 0.120. The van der Waals surface area contributed by atoms with Gasteiger partial charge in [0.05, 0.1) is 18.6 Å². The first kappa shape index (κ1) is 22.9. The van der Waals surface area contributed by atoms with Crippen LogP contribution in [0, 0.1) is 0 Å².